The van der Waals surface area contributed by atoms with E-state index in [1.165, 1.54) is 11.5 Å². The summed E-state index contributed by atoms with van der Waals surface area (Å²) in [6.45, 7) is 12.1. The minimum Gasteiger partial charge on any atom is -0.476 e. The fourth-order valence-corrected chi connectivity index (χ4v) is 2.57. The zero-order chi connectivity index (χ0) is 23.9. The number of aromatic nitrogens is 1. The van der Waals surface area contributed by atoms with E-state index >= 15 is 0 Å². The lowest BCUT2D eigenvalue weighted by Crippen LogP contribution is -2.38. The number of anilines is 1. The number of carbonyl (C=O) groups excluding carboxylic acids is 2. The lowest BCUT2D eigenvalue weighted by Gasteiger charge is -2.28. The highest BCUT2D eigenvalue weighted by Crippen LogP contribution is 2.23. The van der Waals surface area contributed by atoms with Gasteiger partial charge in [0.25, 0.3) is 5.72 Å². The highest BCUT2D eigenvalue weighted by Gasteiger charge is 2.34. The number of carboxylic acid groups (broad SMARTS) is 1. The van der Waals surface area contributed by atoms with Crippen LogP contribution in [-0.2, 0) is 23.9 Å². The van der Waals surface area contributed by atoms with Crippen LogP contribution in [0.1, 0.15) is 60.6 Å². The minimum absolute atomic E-state index is 0.0552. The van der Waals surface area contributed by atoms with E-state index in [9.17, 15) is 19.5 Å². The van der Waals surface area contributed by atoms with Gasteiger partial charge in [0.15, 0.2) is 5.13 Å². The number of carboxylic acids is 1. The van der Waals surface area contributed by atoms with Crippen LogP contribution in [0, 0.1) is 0 Å². The number of carbonyl (C=O) groups is 2. The van der Waals surface area contributed by atoms with Crippen molar-refractivity contribution in [2.24, 2.45) is 10.1 Å². The largest absolute Gasteiger partial charge is 0.476 e. The van der Waals surface area contributed by atoms with Gasteiger partial charge < -0.3 is 19.4 Å². The van der Waals surface area contributed by atoms with Crippen molar-refractivity contribution in [1.29, 1.82) is 0 Å². The van der Waals surface area contributed by atoms with Crippen LogP contribution in [0.4, 0.5) is 9.93 Å². The number of amides is 1. The summed E-state index contributed by atoms with van der Waals surface area (Å²) in [7, 11) is 0. The molecule has 1 atom stereocenters. The normalized spacial score (nSPS) is 14.2. The minimum atomic E-state index is -1.55. The summed E-state index contributed by atoms with van der Waals surface area (Å²) in [6, 6.07) is 0. The Hall–Kier alpha value is -2.82. The predicted molar refractivity (Wildman–Crippen MR) is 114 cm³/mol. The number of aliphatic imine (C=N–C) groups is 1. The molecule has 0 aliphatic carbocycles. The van der Waals surface area contributed by atoms with Crippen LogP contribution in [0.2, 0.25) is 0 Å². The van der Waals surface area contributed by atoms with Crippen molar-refractivity contribution >= 4 is 40.3 Å². The van der Waals surface area contributed by atoms with Gasteiger partial charge in [0.2, 0.25) is 11.8 Å². The van der Waals surface area contributed by atoms with Crippen LogP contribution in [0.5, 0.6) is 0 Å². The summed E-state index contributed by atoms with van der Waals surface area (Å²) in [5.41, 5.74) is -3.41. The topological polar surface area (TPSA) is 149 Å². The molecule has 1 rings (SSSR count). The molecule has 12 heteroatoms. The quantitative estimate of drug-likeness (QED) is 0.325. The number of aliphatic carboxylic acids is 1. The molecule has 0 radical (unpaired) electrons. The van der Waals surface area contributed by atoms with E-state index in [0.717, 1.165) is 11.3 Å². The molecule has 0 saturated carbocycles. The Kier molecular flexibility index (Phi) is 8.85. The van der Waals surface area contributed by atoms with Gasteiger partial charge in [-0.1, -0.05) is 12.1 Å². The van der Waals surface area contributed by atoms with Crippen molar-refractivity contribution in [3.63, 3.8) is 0 Å². The summed E-state index contributed by atoms with van der Waals surface area (Å²) >= 11 is 0.979. The Morgan fingerprint density at radius 2 is 1.87 bits per heavy atom. The molecular weight excluding hydrogens is 428 g/mol. The Bertz CT molecular complexity index is 863. The second-order valence-electron chi connectivity index (χ2n) is 8.41. The first kappa shape index (κ1) is 26.2. The number of nitrogens with one attached hydrogen (secondary N) is 1. The highest BCUT2D eigenvalue weighted by atomic mass is 32.1. The molecule has 1 unspecified atom stereocenters. The molecule has 2 N–H and O–H groups in total. The zero-order valence-corrected chi connectivity index (χ0v) is 19.5. The molecule has 31 heavy (non-hydrogen) atoms. The van der Waals surface area contributed by atoms with Crippen LogP contribution in [0.25, 0.3) is 0 Å². The molecule has 0 aromatic carbocycles. The lowest BCUT2D eigenvalue weighted by atomic mass is 10.1. The summed E-state index contributed by atoms with van der Waals surface area (Å²) in [5, 5.41) is 17.1. The zero-order valence-electron chi connectivity index (χ0n) is 18.6. The standard InChI is InChI=1S/C19H28N4O7S/c1-8-19(20-11-24,10-28-17(2,3)4)30-23-13(14(25)26)12-9-31-15(21-12)22-16(27)29-18(5,6)7/h9H,8,10H2,1-7H3,(H,25,26)(H,21,22,27). The molecule has 0 bridgehead atoms. The number of ether oxygens (including phenoxy) is 2. The first-order chi connectivity index (χ1) is 14.2. The van der Waals surface area contributed by atoms with Crippen LogP contribution in [0.3, 0.4) is 0 Å². The number of rotatable bonds is 9. The maximum Gasteiger partial charge on any atom is 0.413 e. The fourth-order valence-electron chi connectivity index (χ4n) is 1.89. The SMILES string of the molecule is CCC(COC(C)(C)C)(N=C=O)ON=C(C(=O)O)c1csc(NC(=O)OC(C)(C)C)n1. The molecule has 0 aliphatic heterocycles. The van der Waals surface area contributed by atoms with Crippen molar-refractivity contribution in [2.75, 3.05) is 11.9 Å². The third-order valence-electron chi connectivity index (χ3n) is 3.40. The fraction of sp³-hybridized carbons (Fsp3) is 0.632. The third kappa shape index (κ3) is 9.24. The predicted octanol–water partition coefficient (Wildman–Crippen LogP) is 3.55. The van der Waals surface area contributed by atoms with Gasteiger partial charge in [-0.05, 0) is 41.5 Å². The average molecular weight is 457 g/mol. The van der Waals surface area contributed by atoms with E-state index in [-0.39, 0.29) is 23.9 Å². The van der Waals surface area contributed by atoms with Crippen molar-refractivity contribution in [2.45, 2.75) is 71.8 Å². The molecule has 1 aromatic rings. The van der Waals surface area contributed by atoms with Gasteiger partial charge in [-0.3, -0.25) is 5.32 Å². The van der Waals surface area contributed by atoms with Gasteiger partial charge in [-0.2, -0.15) is 4.99 Å². The number of nitrogens with zero attached hydrogens (tertiary/aromatic N) is 3. The first-order valence-corrected chi connectivity index (χ1v) is 10.3. The molecular formula is C19H28N4O7S. The smallest absolute Gasteiger partial charge is 0.413 e. The lowest BCUT2D eigenvalue weighted by molar-refractivity contribution is -0.134. The van der Waals surface area contributed by atoms with Crippen molar-refractivity contribution in [3.8, 4) is 0 Å². The van der Waals surface area contributed by atoms with Gasteiger partial charge in [-0.25, -0.2) is 19.4 Å². The summed E-state index contributed by atoms with van der Waals surface area (Å²) in [6.07, 6.45) is 0.842. The van der Waals surface area contributed by atoms with Crippen LogP contribution in [0.15, 0.2) is 15.5 Å². The first-order valence-electron chi connectivity index (χ1n) is 9.38. The van der Waals surface area contributed by atoms with Crippen LogP contribution in [-0.4, -0.2) is 57.5 Å². The molecule has 11 nitrogen and oxygen atoms in total. The number of thiazole rings is 1. The van der Waals surface area contributed by atoms with E-state index in [1.54, 1.807) is 48.5 Å². The molecule has 1 aromatic heterocycles. The van der Waals surface area contributed by atoms with Crippen molar-refractivity contribution < 1.29 is 33.8 Å². The Morgan fingerprint density at radius 1 is 1.23 bits per heavy atom. The van der Waals surface area contributed by atoms with Gasteiger partial charge in [-0.15, -0.1) is 11.3 Å². The summed E-state index contributed by atoms with van der Waals surface area (Å²) in [4.78, 5) is 47.5. The van der Waals surface area contributed by atoms with E-state index in [0.29, 0.717) is 0 Å². The molecule has 0 fully saturated rings. The Labute approximate surface area is 184 Å². The van der Waals surface area contributed by atoms with Crippen molar-refractivity contribution in [1.82, 2.24) is 4.98 Å². The van der Waals surface area contributed by atoms with E-state index in [2.05, 4.69) is 20.4 Å². The van der Waals surface area contributed by atoms with E-state index in [4.69, 9.17) is 14.3 Å². The second-order valence-corrected chi connectivity index (χ2v) is 9.26. The van der Waals surface area contributed by atoms with Gasteiger partial charge in [0.1, 0.15) is 17.9 Å². The van der Waals surface area contributed by atoms with Gasteiger partial charge >= 0.3 is 12.1 Å². The van der Waals surface area contributed by atoms with Crippen LogP contribution < -0.4 is 5.32 Å². The molecule has 0 spiro atoms. The number of hydrogen-bond donors (Lipinski definition) is 2. The Morgan fingerprint density at radius 3 is 2.35 bits per heavy atom. The Balaban J connectivity index is 3.09. The van der Waals surface area contributed by atoms with Gasteiger partial charge in [0.05, 0.1) is 5.60 Å². The monoisotopic (exact) mass is 456 g/mol. The van der Waals surface area contributed by atoms with E-state index in [1.807, 2.05) is 0 Å². The van der Waals surface area contributed by atoms with Crippen LogP contribution >= 0.6 is 11.3 Å². The summed E-state index contributed by atoms with van der Waals surface area (Å²) in [5.74, 6) is -1.43. The molecule has 1 amide bonds. The molecule has 0 aliphatic rings. The third-order valence-corrected chi connectivity index (χ3v) is 4.15. The maximum atomic E-state index is 11.9. The number of isocyanates is 1. The number of hydrogen-bond acceptors (Lipinski definition) is 10. The average Bonchev–Trinajstić information content (AvgIpc) is 3.05. The molecule has 0 saturated heterocycles. The molecule has 172 valence electrons. The highest BCUT2D eigenvalue weighted by molar-refractivity contribution is 7.14. The van der Waals surface area contributed by atoms with E-state index < -0.39 is 34.7 Å². The molecule has 1 heterocycles. The maximum absolute atomic E-state index is 11.9. The van der Waals surface area contributed by atoms with Crippen molar-refractivity contribution in [3.05, 3.63) is 11.1 Å². The number of oxime groups is 1. The van der Waals surface area contributed by atoms with Gasteiger partial charge in [0, 0.05) is 11.8 Å². The summed E-state index contributed by atoms with van der Waals surface area (Å²) < 4.78 is 10.8. The second kappa shape index (κ2) is 10.5.